The summed E-state index contributed by atoms with van der Waals surface area (Å²) in [7, 11) is 0. The van der Waals surface area contributed by atoms with Gasteiger partial charge in [0, 0.05) is 17.4 Å². The van der Waals surface area contributed by atoms with Gasteiger partial charge in [0.15, 0.2) is 0 Å². The minimum absolute atomic E-state index is 0.403. The van der Waals surface area contributed by atoms with Gasteiger partial charge in [-0.3, -0.25) is 0 Å². The third-order valence-corrected chi connectivity index (χ3v) is 4.32. The molecule has 5 heteroatoms. The van der Waals surface area contributed by atoms with Gasteiger partial charge in [-0.05, 0) is 24.6 Å². The van der Waals surface area contributed by atoms with Gasteiger partial charge in [-0.1, -0.05) is 42.0 Å². The zero-order chi connectivity index (χ0) is 16.4. The second-order valence-corrected chi connectivity index (χ2v) is 6.31. The van der Waals surface area contributed by atoms with Crippen LogP contribution in [0.1, 0.15) is 21.7 Å². The maximum atomic E-state index is 12.8. The quantitative estimate of drug-likeness (QED) is 0.596. The van der Waals surface area contributed by atoms with Crippen LogP contribution in [-0.4, -0.2) is 4.98 Å². The van der Waals surface area contributed by atoms with Crippen molar-refractivity contribution >= 4 is 11.3 Å². The Morgan fingerprint density at radius 3 is 2.57 bits per heavy atom. The highest BCUT2D eigenvalue weighted by Gasteiger charge is 2.30. The van der Waals surface area contributed by atoms with E-state index in [2.05, 4.69) is 4.98 Å². The summed E-state index contributed by atoms with van der Waals surface area (Å²) in [6.07, 6.45) is -3.91. The van der Waals surface area contributed by atoms with Gasteiger partial charge in [0.25, 0.3) is 0 Å². The number of aryl methyl sites for hydroxylation is 1. The van der Waals surface area contributed by atoms with Crippen molar-refractivity contribution in [3.05, 3.63) is 75.6 Å². The molecule has 0 fully saturated rings. The molecule has 0 saturated heterocycles. The Bertz CT molecular complexity index is 821. The summed E-state index contributed by atoms with van der Waals surface area (Å²) in [5, 5.41) is 2.75. The number of hydrogen-bond donors (Lipinski definition) is 0. The zero-order valence-corrected chi connectivity index (χ0v) is 13.2. The average Bonchev–Trinajstić information content (AvgIpc) is 2.95. The van der Waals surface area contributed by atoms with Crippen LogP contribution in [0, 0.1) is 6.92 Å². The Morgan fingerprint density at radius 2 is 1.83 bits per heavy atom. The summed E-state index contributed by atoms with van der Waals surface area (Å²) in [5.41, 5.74) is 3.03. The summed E-state index contributed by atoms with van der Waals surface area (Å²) < 4.78 is 38.3. The lowest BCUT2D eigenvalue weighted by molar-refractivity contribution is -0.137. The maximum absolute atomic E-state index is 12.8. The summed E-state index contributed by atoms with van der Waals surface area (Å²) in [4.78, 5) is 4.55. The standard InChI is InChI=1S/C18H14F3NS/c1-12-4-2-6-14(8-12)16-11-23-17(22-16)10-13-5-3-7-15(9-13)18(19,20)21/h2-9,11H,10H2,1H3. The average molecular weight is 333 g/mol. The number of benzene rings is 2. The van der Waals surface area contributed by atoms with E-state index in [0.717, 1.165) is 27.9 Å². The van der Waals surface area contributed by atoms with Crippen LogP contribution >= 0.6 is 11.3 Å². The van der Waals surface area contributed by atoms with E-state index in [1.54, 1.807) is 6.07 Å². The molecule has 0 unspecified atom stereocenters. The lowest BCUT2D eigenvalue weighted by Gasteiger charge is -2.07. The number of rotatable bonds is 3. The molecule has 0 spiro atoms. The van der Waals surface area contributed by atoms with Gasteiger partial charge < -0.3 is 0 Å². The molecule has 1 heterocycles. The van der Waals surface area contributed by atoms with Crippen LogP contribution in [0.4, 0.5) is 13.2 Å². The molecule has 3 aromatic rings. The molecule has 118 valence electrons. The highest BCUT2D eigenvalue weighted by Crippen LogP contribution is 2.30. The molecule has 0 radical (unpaired) electrons. The highest BCUT2D eigenvalue weighted by molar-refractivity contribution is 7.10. The Labute approximate surface area is 136 Å². The summed E-state index contributed by atoms with van der Waals surface area (Å²) in [6.45, 7) is 2.01. The van der Waals surface area contributed by atoms with Crippen LogP contribution in [0.15, 0.2) is 53.9 Å². The van der Waals surface area contributed by atoms with Crippen molar-refractivity contribution in [2.45, 2.75) is 19.5 Å². The van der Waals surface area contributed by atoms with Crippen molar-refractivity contribution in [3.63, 3.8) is 0 Å². The largest absolute Gasteiger partial charge is 0.416 e. The van der Waals surface area contributed by atoms with E-state index in [-0.39, 0.29) is 0 Å². The van der Waals surface area contributed by atoms with Crippen LogP contribution in [-0.2, 0) is 12.6 Å². The number of thiazole rings is 1. The summed E-state index contributed by atoms with van der Waals surface area (Å²) in [6, 6.07) is 13.4. The molecule has 0 atom stereocenters. The van der Waals surface area contributed by atoms with Crippen LogP contribution in [0.25, 0.3) is 11.3 Å². The topological polar surface area (TPSA) is 12.9 Å². The number of aromatic nitrogens is 1. The van der Waals surface area contributed by atoms with Crippen molar-refractivity contribution in [1.29, 1.82) is 0 Å². The lowest BCUT2D eigenvalue weighted by Crippen LogP contribution is -2.05. The molecular weight excluding hydrogens is 319 g/mol. The van der Waals surface area contributed by atoms with E-state index in [9.17, 15) is 13.2 Å². The Morgan fingerprint density at radius 1 is 1.04 bits per heavy atom. The van der Waals surface area contributed by atoms with Gasteiger partial charge in [-0.2, -0.15) is 13.2 Å². The molecule has 3 rings (SSSR count). The zero-order valence-electron chi connectivity index (χ0n) is 12.4. The summed E-state index contributed by atoms with van der Waals surface area (Å²) in [5.74, 6) is 0. The van der Waals surface area contributed by atoms with Crippen LogP contribution in [0.5, 0.6) is 0 Å². The van der Waals surface area contributed by atoms with Gasteiger partial charge in [-0.25, -0.2) is 4.98 Å². The Kier molecular flexibility index (Phi) is 4.22. The first-order valence-electron chi connectivity index (χ1n) is 7.09. The van der Waals surface area contributed by atoms with Crippen LogP contribution in [0.3, 0.4) is 0 Å². The van der Waals surface area contributed by atoms with Crippen molar-refractivity contribution in [1.82, 2.24) is 4.98 Å². The van der Waals surface area contributed by atoms with Gasteiger partial charge >= 0.3 is 6.18 Å². The van der Waals surface area contributed by atoms with E-state index in [0.29, 0.717) is 12.0 Å². The highest BCUT2D eigenvalue weighted by atomic mass is 32.1. The fraction of sp³-hybridized carbons (Fsp3) is 0.167. The van der Waals surface area contributed by atoms with E-state index in [4.69, 9.17) is 0 Å². The normalized spacial score (nSPS) is 11.7. The Hall–Kier alpha value is -2.14. The van der Waals surface area contributed by atoms with Gasteiger partial charge in [0.05, 0.1) is 16.3 Å². The second kappa shape index (κ2) is 6.16. The van der Waals surface area contributed by atoms with Crippen molar-refractivity contribution in [2.24, 2.45) is 0 Å². The molecule has 0 aliphatic rings. The fourth-order valence-electron chi connectivity index (χ4n) is 2.36. The molecule has 0 aliphatic carbocycles. The predicted octanol–water partition coefficient (Wildman–Crippen LogP) is 5.73. The minimum Gasteiger partial charge on any atom is -0.241 e. The molecule has 0 aliphatic heterocycles. The first-order valence-corrected chi connectivity index (χ1v) is 7.97. The fourth-order valence-corrected chi connectivity index (χ4v) is 3.20. The van der Waals surface area contributed by atoms with Gasteiger partial charge in [0.1, 0.15) is 0 Å². The third kappa shape index (κ3) is 3.79. The number of halogens is 3. The molecule has 1 aromatic heterocycles. The smallest absolute Gasteiger partial charge is 0.241 e. The van der Waals surface area contributed by atoms with E-state index in [1.807, 2.05) is 36.6 Å². The van der Waals surface area contributed by atoms with E-state index in [1.165, 1.54) is 23.5 Å². The molecule has 0 saturated carbocycles. The molecule has 0 bridgehead atoms. The molecule has 2 aromatic carbocycles. The minimum atomic E-state index is -4.31. The maximum Gasteiger partial charge on any atom is 0.416 e. The molecule has 0 amide bonds. The van der Waals surface area contributed by atoms with Crippen molar-refractivity contribution < 1.29 is 13.2 Å². The number of nitrogens with zero attached hydrogens (tertiary/aromatic N) is 1. The first-order chi connectivity index (χ1) is 10.9. The third-order valence-electron chi connectivity index (χ3n) is 3.48. The van der Waals surface area contributed by atoms with Gasteiger partial charge in [-0.15, -0.1) is 11.3 Å². The predicted molar refractivity (Wildman–Crippen MR) is 86.5 cm³/mol. The Balaban J connectivity index is 1.82. The van der Waals surface area contributed by atoms with Crippen molar-refractivity contribution in [2.75, 3.05) is 0 Å². The van der Waals surface area contributed by atoms with Crippen LogP contribution < -0.4 is 0 Å². The monoisotopic (exact) mass is 333 g/mol. The van der Waals surface area contributed by atoms with Crippen LogP contribution in [0.2, 0.25) is 0 Å². The summed E-state index contributed by atoms with van der Waals surface area (Å²) >= 11 is 1.47. The SMILES string of the molecule is Cc1cccc(-c2csc(Cc3cccc(C(F)(F)F)c3)n2)c1. The number of alkyl halides is 3. The van der Waals surface area contributed by atoms with E-state index < -0.39 is 11.7 Å². The van der Waals surface area contributed by atoms with Gasteiger partial charge in [0.2, 0.25) is 0 Å². The second-order valence-electron chi connectivity index (χ2n) is 5.37. The van der Waals surface area contributed by atoms with Crippen molar-refractivity contribution in [3.8, 4) is 11.3 Å². The molecule has 23 heavy (non-hydrogen) atoms. The first kappa shape index (κ1) is 15.7. The lowest BCUT2D eigenvalue weighted by atomic mass is 10.1. The number of hydrogen-bond acceptors (Lipinski definition) is 2. The molecule has 0 N–H and O–H groups in total. The molecular formula is C18H14F3NS. The molecule has 1 nitrogen and oxygen atoms in total. The van der Waals surface area contributed by atoms with E-state index >= 15 is 0 Å².